The van der Waals surface area contributed by atoms with Crippen LogP contribution in [0.25, 0.3) is 0 Å². The van der Waals surface area contributed by atoms with Gasteiger partial charge in [-0.2, -0.15) is 0 Å². The lowest BCUT2D eigenvalue weighted by Gasteiger charge is -2.15. The summed E-state index contributed by atoms with van der Waals surface area (Å²) >= 11 is 0. The lowest BCUT2D eigenvalue weighted by atomic mass is 10.1. The van der Waals surface area contributed by atoms with Crippen LogP contribution in [0.5, 0.6) is 11.5 Å². The number of carbonyl (C=O) groups excluding carboxylic acids is 1. The molecule has 0 saturated heterocycles. The normalized spacial score (nSPS) is 10.9. The molecule has 12 heteroatoms. The Morgan fingerprint density at radius 3 is 2.39 bits per heavy atom. The number of amides is 1. The van der Waals surface area contributed by atoms with Gasteiger partial charge in [0, 0.05) is 18.2 Å². The predicted octanol–water partition coefficient (Wildman–Crippen LogP) is 3.80. The lowest BCUT2D eigenvalue weighted by Crippen LogP contribution is -2.19. The third kappa shape index (κ3) is 5.18. The maximum absolute atomic E-state index is 14.2. The highest BCUT2D eigenvalue weighted by molar-refractivity contribution is 7.92. The number of ether oxygens (including phenoxy) is 2. The Bertz CT molecular complexity index is 1330. The summed E-state index contributed by atoms with van der Waals surface area (Å²) in [4.78, 5) is 22.1. The Morgan fingerprint density at radius 2 is 1.73 bits per heavy atom. The van der Waals surface area contributed by atoms with Gasteiger partial charge in [0.15, 0.2) is 0 Å². The number of nitrogens with one attached hydrogen (secondary N) is 2. The first kappa shape index (κ1) is 23.5. The summed E-state index contributed by atoms with van der Waals surface area (Å²) in [7, 11) is -1.73. The molecule has 0 bridgehead atoms. The first-order valence-electron chi connectivity index (χ1n) is 9.25. The third-order valence-corrected chi connectivity index (χ3v) is 5.87. The Hall–Kier alpha value is -4.19. The third-order valence-electron chi connectivity index (χ3n) is 4.49. The number of non-ortho nitro benzene ring substituents is 1. The molecule has 3 rings (SSSR count). The zero-order chi connectivity index (χ0) is 24.2. The van der Waals surface area contributed by atoms with E-state index in [4.69, 9.17) is 9.47 Å². The SMILES string of the molecule is COc1ccc(NC(=O)c2ccccc2NS(=O)(=O)c2cc([N+](=O)[O-])ccc2F)c(OC)c1. The number of hydrogen-bond donors (Lipinski definition) is 2. The van der Waals surface area contributed by atoms with Crippen LogP contribution >= 0.6 is 0 Å². The molecule has 33 heavy (non-hydrogen) atoms. The van der Waals surface area contributed by atoms with E-state index < -0.39 is 37.3 Å². The molecule has 3 aromatic carbocycles. The lowest BCUT2D eigenvalue weighted by molar-refractivity contribution is -0.385. The number of hydrogen-bond acceptors (Lipinski definition) is 7. The molecule has 0 aromatic heterocycles. The van der Waals surface area contributed by atoms with E-state index in [1.165, 1.54) is 38.5 Å². The summed E-state index contributed by atoms with van der Waals surface area (Å²) in [5.74, 6) is -1.06. The second kappa shape index (κ2) is 9.53. The van der Waals surface area contributed by atoms with Gasteiger partial charge in [-0.3, -0.25) is 19.6 Å². The molecule has 0 unspecified atom stereocenters. The van der Waals surface area contributed by atoms with Gasteiger partial charge < -0.3 is 14.8 Å². The summed E-state index contributed by atoms with van der Waals surface area (Å²) < 4.78 is 52.2. The summed E-state index contributed by atoms with van der Waals surface area (Å²) in [5, 5.41) is 13.6. The number of rotatable bonds is 8. The van der Waals surface area contributed by atoms with Crippen LogP contribution in [0.4, 0.5) is 21.5 Å². The molecule has 0 aliphatic heterocycles. The number of anilines is 2. The first-order chi connectivity index (χ1) is 15.7. The van der Waals surface area contributed by atoms with E-state index in [-0.39, 0.29) is 11.3 Å². The van der Waals surface area contributed by atoms with Crippen LogP contribution in [0, 0.1) is 15.9 Å². The number of methoxy groups -OCH3 is 2. The smallest absolute Gasteiger partial charge is 0.271 e. The highest BCUT2D eigenvalue weighted by Crippen LogP contribution is 2.30. The Labute approximate surface area is 188 Å². The van der Waals surface area contributed by atoms with Crippen LogP contribution in [0.3, 0.4) is 0 Å². The average Bonchev–Trinajstić information content (AvgIpc) is 2.79. The highest BCUT2D eigenvalue weighted by Gasteiger charge is 2.25. The van der Waals surface area contributed by atoms with Crippen LogP contribution < -0.4 is 19.5 Å². The maximum Gasteiger partial charge on any atom is 0.271 e. The minimum atomic E-state index is -4.60. The minimum Gasteiger partial charge on any atom is -0.497 e. The molecule has 0 radical (unpaired) electrons. The fourth-order valence-electron chi connectivity index (χ4n) is 2.87. The molecule has 10 nitrogen and oxygen atoms in total. The summed E-state index contributed by atoms with van der Waals surface area (Å²) in [5.41, 5.74) is -0.543. The van der Waals surface area contributed by atoms with Gasteiger partial charge in [-0.15, -0.1) is 0 Å². The number of nitro benzene ring substituents is 1. The van der Waals surface area contributed by atoms with Crippen molar-refractivity contribution in [3.8, 4) is 11.5 Å². The molecular formula is C21H18FN3O7S. The number of carbonyl (C=O) groups is 1. The van der Waals surface area contributed by atoms with Gasteiger partial charge >= 0.3 is 0 Å². The van der Waals surface area contributed by atoms with Crippen molar-refractivity contribution in [2.45, 2.75) is 4.90 Å². The van der Waals surface area contributed by atoms with E-state index in [1.54, 1.807) is 18.2 Å². The van der Waals surface area contributed by atoms with Crippen molar-refractivity contribution in [2.75, 3.05) is 24.3 Å². The fourth-order valence-corrected chi connectivity index (χ4v) is 4.05. The van der Waals surface area contributed by atoms with Crippen molar-refractivity contribution in [1.29, 1.82) is 0 Å². The largest absolute Gasteiger partial charge is 0.497 e. The van der Waals surface area contributed by atoms with Crippen molar-refractivity contribution < 1.29 is 32.0 Å². The van der Waals surface area contributed by atoms with Crippen LogP contribution in [-0.2, 0) is 10.0 Å². The molecule has 172 valence electrons. The van der Waals surface area contributed by atoms with E-state index in [9.17, 15) is 27.7 Å². The topological polar surface area (TPSA) is 137 Å². The zero-order valence-electron chi connectivity index (χ0n) is 17.4. The minimum absolute atomic E-state index is 0.0789. The van der Waals surface area contributed by atoms with Crippen LogP contribution in [0.1, 0.15) is 10.4 Å². The number of para-hydroxylation sites is 1. The van der Waals surface area contributed by atoms with Crippen LogP contribution in [0.15, 0.2) is 65.6 Å². The summed E-state index contributed by atoms with van der Waals surface area (Å²) in [6.45, 7) is 0. The quantitative estimate of drug-likeness (QED) is 0.373. The molecule has 2 N–H and O–H groups in total. The van der Waals surface area contributed by atoms with E-state index in [0.717, 1.165) is 6.07 Å². The molecule has 0 fully saturated rings. The van der Waals surface area contributed by atoms with E-state index in [1.807, 2.05) is 0 Å². The molecule has 0 heterocycles. The molecule has 1 amide bonds. The van der Waals surface area contributed by atoms with Crippen molar-refractivity contribution in [3.05, 3.63) is 82.2 Å². The summed E-state index contributed by atoms with van der Waals surface area (Å²) in [6, 6.07) is 12.4. The predicted molar refractivity (Wildman–Crippen MR) is 118 cm³/mol. The van der Waals surface area contributed by atoms with Gasteiger partial charge in [-0.25, -0.2) is 12.8 Å². The molecule has 0 atom stereocenters. The second-order valence-corrected chi connectivity index (χ2v) is 8.19. The Kier molecular flexibility index (Phi) is 6.78. The molecular weight excluding hydrogens is 457 g/mol. The van der Waals surface area contributed by atoms with Gasteiger partial charge in [0.1, 0.15) is 22.2 Å². The van der Waals surface area contributed by atoms with Crippen LogP contribution in [-0.4, -0.2) is 33.5 Å². The van der Waals surface area contributed by atoms with Gasteiger partial charge in [0.25, 0.3) is 21.6 Å². The van der Waals surface area contributed by atoms with Gasteiger partial charge in [-0.1, -0.05) is 12.1 Å². The fraction of sp³-hybridized carbons (Fsp3) is 0.0952. The molecule has 0 aliphatic rings. The number of sulfonamides is 1. The molecule has 0 spiro atoms. The van der Waals surface area contributed by atoms with Crippen molar-refractivity contribution in [1.82, 2.24) is 0 Å². The van der Waals surface area contributed by atoms with Crippen molar-refractivity contribution >= 4 is 33.0 Å². The summed E-state index contributed by atoms with van der Waals surface area (Å²) in [6.07, 6.45) is 0. The van der Waals surface area contributed by atoms with Crippen molar-refractivity contribution in [2.24, 2.45) is 0 Å². The number of nitro groups is 1. The second-order valence-electron chi connectivity index (χ2n) is 6.54. The van der Waals surface area contributed by atoms with Gasteiger partial charge in [0.2, 0.25) is 0 Å². The number of nitrogens with zero attached hydrogens (tertiary/aromatic N) is 1. The van der Waals surface area contributed by atoms with Crippen LogP contribution in [0.2, 0.25) is 0 Å². The average molecular weight is 475 g/mol. The van der Waals surface area contributed by atoms with Crippen molar-refractivity contribution in [3.63, 3.8) is 0 Å². The molecule has 0 aliphatic carbocycles. The van der Waals surface area contributed by atoms with Gasteiger partial charge in [-0.05, 0) is 30.3 Å². The highest BCUT2D eigenvalue weighted by atomic mass is 32.2. The first-order valence-corrected chi connectivity index (χ1v) is 10.7. The monoisotopic (exact) mass is 475 g/mol. The number of benzene rings is 3. The van der Waals surface area contributed by atoms with E-state index in [0.29, 0.717) is 29.3 Å². The molecule has 0 saturated carbocycles. The Balaban J connectivity index is 1.93. The Morgan fingerprint density at radius 1 is 1.00 bits per heavy atom. The van der Waals surface area contributed by atoms with E-state index in [2.05, 4.69) is 10.0 Å². The van der Waals surface area contributed by atoms with E-state index >= 15 is 0 Å². The number of halogens is 1. The molecule has 3 aromatic rings. The zero-order valence-corrected chi connectivity index (χ0v) is 18.2. The van der Waals surface area contributed by atoms with Gasteiger partial charge in [0.05, 0.1) is 36.1 Å². The maximum atomic E-state index is 14.2. The standard InChI is InChI=1S/C21H18FN3O7S/c1-31-14-8-10-18(19(12-14)32-2)23-21(26)15-5-3-4-6-17(15)24-33(29,30)20-11-13(25(27)28)7-9-16(20)22/h3-12,24H,1-2H3,(H,23,26).